The van der Waals surface area contributed by atoms with Gasteiger partial charge in [0.2, 0.25) is 0 Å². The fraction of sp³-hybridized carbons (Fsp3) is 0.562. The Kier molecular flexibility index (Phi) is 4.69. The number of aromatic nitrogens is 1. The molecule has 0 aliphatic carbocycles. The number of pyridine rings is 1. The smallest absolute Gasteiger partial charge is 0.332 e. The number of carboxylic acids is 1. The number of piperidine rings is 1. The van der Waals surface area contributed by atoms with E-state index in [2.05, 4.69) is 9.88 Å². The summed E-state index contributed by atoms with van der Waals surface area (Å²) in [5.41, 5.74) is 0.452. The van der Waals surface area contributed by atoms with Crippen LogP contribution in [0.2, 0.25) is 5.02 Å². The van der Waals surface area contributed by atoms with Crippen molar-refractivity contribution in [2.24, 2.45) is 5.92 Å². The van der Waals surface area contributed by atoms with Gasteiger partial charge in [0, 0.05) is 19.3 Å². The number of aliphatic carboxylic acids is 1. The summed E-state index contributed by atoms with van der Waals surface area (Å²) in [5, 5.41) is 18.4. The fourth-order valence-corrected chi connectivity index (χ4v) is 3.68. The monoisotopic (exact) mass is 335 g/mol. The molecule has 122 valence electrons. The van der Waals surface area contributed by atoms with Crippen molar-refractivity contribution in [2.45, 2.75) is 37.9 Å². The zero-order valence-corrected chi connectivity index (χ0v) is 13.4. The van der Waals surface area contributed by atoms with Gasteiger partial charge in [0.25, 0.3) is 0 Å². The molecule has 2 aliphatic rings. The van der Waals surface area contributed by atoms with Gasteiger partial charge in [0.1, 0.15) is 11.9 Å². The lowest BCUT2D eigenvalue weighted by Crippen LogP contribution is -2.38. The first-order chi connectivity index (χ1) is 11.1. The molecule has 6 nitrogen and oxygen atoms in total. The minimum absolute atomic E-state index is 0.0441. The van der Waals surface area contributed by atoms with Crippen LogP contribution in [-0.4, -0.2) is 41.4 Å². The van der Waals surface area contributed by atoms with Crippen molar-refractivity contribution in [2.75, 3.05) is 18.0 Å². The third-order valence-corrected chi connectivity index (χ3v) is 4.92. The summed E-state index contributed by atoms with van der Waals surface area (Å²) in [4.78, 5) is 17.4. The molecule has 2 fully saturated rings. The highest BCUT2D eigenvalue weighted by atomic mass is 35.5. The van der Waals surface area contributed by atoms with E-state index < -0.39 is 12.1 Å². The Balaban J connectivity index is 1.59. The van der Waals surface area contributed by atoms with E-state index >= 15 is 0 Å². The Morgan fingerprint density at radius 2 is 2.13 bits per heavy atom. The maximum Gasteiger partial charge on any atom is 0.332 e. The summed E-state index contributed by atoms with van der Waals surface area (Å²) in [6.45, 7) is 1.61. The van der Waals surface area contributed by atoms with E-state index in [-0.39, 0.29) is 6.10 Å². The number of hydrogen-bond acceptors (Lipinski definition) is 5. The Hall–Kier alpha value is -1.84. The van der Waals surface area contributed by atoms with Crippen molar-refractivity contribution >= 4 is 23.4 Å². The molecule has 2 aliphatic heterocycles. The Morgan fingerprint density at radius 1 is 1.39 bits per heavy atom. The lowest BCUT2D eigenvalue weighted by atomic mass is 9.90. The molecule has 0 saturated carbocycles. The van der Waals surface area contributed by atoms with Crippen molar-refractivity contribution < 1.29 is 14.6 Å². The largest absolute Gasteiger partial charge is 0.479 e. The SMILES string of the molecule is N#Cc1cnc(N2CCC([C@@H]3CC[C@H](C(=O)O)O3)CC2)c(Cl)c1. The van der Waals surface area contributed by atoms with Gasteiger partial charge in [-0.05, 0) is 37.7 Å². The number of halogens is 1. The fourth-order valence-electron chi connectivity index (χ4n) is 3.40. The van der Waals surface area contributed by atoms with Gasteiger partial charge in [-0.1, -0.05) is 11.6 Å². The second-order valence-electron chi connectivity index (χ2n) is 6.04. The maximum atomic E-state index is 11.0. The number of rotatable bonds is 3. The van der Waals surface area contributed by atoms with Crippen molar-refractivity contribution in [3.05, 3.63) is 22.8 Å². The third kappa shape index (κ3) is 3.41. The standard InChI is InChI=1S/C16H18ClN3O3/c17-12-7-10(8-18)9-19-15(12)20-5-3-11(4-6-20)13-1-2-14(23-13)16(21)22/h7,9,11,13-14H,1-6H2,(H,21,22)/t13-,14+/m0/s1. The van der Waals surface area contributed by atoms with Crippen LogP contribution < -0.4 is 4.90 Å². The predicted molar refractivity (Wildman–Crippen MR) is 84.4 cm³/mol. The highest BCUT2D eigenvalue weighted by molar-refractivity contribution is 6.33. The lowest BCUT2D eigenvalue weighted by Gasteiger charge is -2.35. The van der Waals surface area contributed by atoms with E-state index in [4.69, 9.17) is 26.7 Å². The second-order valence-corrected chi connectivity index (χ2v) is 6.45. The summed E-state index contributed by atoms with van der Waals surface area (Å²) >= 11 is 6.21. The van der Waals surface area contributed by atoms with Crippen molar-refractivity contribution in [1.29, 1.82) is 5.26 Å². The van der Waals surface area contributed by atoms with Gasteiger partial charge < -0.3 is 14.7 Å². The number of nitriles is 1. The summed E-state index contributed by atoms with van der Waals surface area (Å²) in [6.07, 6.45) is 4.20. The molecule has 1 aromatic heterocycles. The van der Waals surface area contributed by atoms with Crippen molar-refractivity contribution in [3.8, 4) is 6.07 Å². The molecule has 1 aromatic rings. The second kappa shape index (κ2) is 6.73. The third-order valence-electron chi connectivity index (χ3n) is 4.64. The molecule has 0 aromatic carbocycles. The average molecular weight is 336 g/mol. The van der Waals surface area contributed by atoms with Crippen LogP contribution in [0.1, 0.15) is 31.2 Å². The van der Waals surface area contributed by atoms with Gasteiger partial charge in [-0.3, -0.25) is 0 Å². The van der Waals surface area contributed by atoms with E-state index in [1.165, 1.54) is 6.20 Å². The molecule has 0 radical (unpaired) electrons. The Labute approximate surface area is 139 Å². The van der Waals surface area contributed by atoms with Gasteiger partial charge >= 0.3 is 5.97 Å². The Morgan fingerprint density at radius 3 is 2.70 bits per heavy atom. The number of carbonyl (C=O) groups is 1. The molecule has 23 heavy (non-hydrogen) atoms. The quantitative estimate of drug-likeness (QED) is 0.913. The van der Waals surface area contributed by atoms with Crippen LogP contribution in [-0.2, 0) is 9.53 Å². The van der Waals surface area contributed by atoms with Gasteiger partial charge in [-0.15, -0.1) is 0 Å². The predicted octanol–water partition coefficient (Wildman–Crippen LogP) is 2.46. The van der Waals surface area contributed by atoms with E-state index in [9.17, 15) is 4.79 Å². The molecular formula is C16H18ClN3O3. The van der Waals surface area contributed by atoms with Crippen molar-refractivity contribution in [3.63, 3.8) is 0 Å². The van der Waals surface area contributed by atoms with Crippen LogP contribution in [0.4, 0.5) is 5.82 Å². The molecule has 0 spiro atoms. The van der Waals surface area contributed by atoms with Crippen LogP contribution in [0.3, 0.4) is 0 Å². The minimum atomic E-state index is -0.862. The van der Waals surface area contributed by atoms with Crippen LogP contribution >= 0.6 is 11.6 Å². The molecule has 0 amide bonds. The van der Waals surface area contributed by atoms with Crippen LogP contribution in [0.15, 0.2) is 12.3 Å². The number of anilines is 1. The van der Waals surface area contributed by atoms with Crippen LogP contribution in [0.5, 0.6) is 0 Å². The zero-order chi connectivity index (χ0) is 16.4. The summed E-state index contributed by atoms with van der Waals surface area (Å²) in [5.74, 6) is 0.228. The summed E-state index contributed by atoms with van der Waals surface area (Å²) in [6, 6.07) is 3.66. The average Bonchev–Trinajstić information content (AvgIpc) is 3.05. The van der Waals surface area contributed by atoms with E-state index in [1.54, 1.807) is 6.07 Å². The lowest BCUT2D eigenvalue weighted by molar-refractivity contribution is -0.150. The molecule has 2 saturated heterocycles. The number of ether oxygens (including phenoxy) is 1. The van der Waals surface area contributed by atoms with Crippen molar-refractivity contribution in [1.82, 2.24) is 4.98 Å². The van der Waals surface area contributed by atoms with Crippen LogP contribution in [0.25, 0.3) is 0 Å². The molecular weight excluding hydrogens is 318 g/mol. The first-order valence-electron chi connectivity index (χ1n) is 7.77. The molecule has 0 unspecified atom stereocenters. The number of hydrogen-bond donors (Lipinski definition) is 1. The van der Waals surface area contributed by atoms with E-state index in [1.807, 2.05) is 6.07 Å². The van der Waals surface area contributed by atoms with E-state index in [0.717, 1.165) is 32.4 Å². The number of nitrogens with zero attached hydrogens (tertiary/aromatic N) is 3. The Bertz CT molecular complexity index is 638. The number of carboxylic acid groups (broad SMARTS) is 1. The zero-order valence-electron chi connectivity index (χ0n) is 12.6. The molecule has 3 heterocycles. The summed E-state index contributed by atoms with van der Waals surface area (Å²) < 4.78 is 5.66. The maximum absolute atomic E-state index is 11.0. The molecule has 3 rings (SSSR count). The molecule has 1 N–H and O–H groups in total. The van der Waals surface area contributed by atoms with Gasteiger partial charge in [0.15, 0.2) is 6.10 Å². The first-order valence-corrected chi connectivity index (χ1v) is 8.15. The van der Waals surface area contributed by atoms with Crippen LogP contribution in [0, 0.1) is 17.2 Å². The highest BCUT2D eigenvalue weighted by Gasteiger charge is 2.36. The minimum Gasteiger partial charge on any atom is -0.479 e. The molecule has 0 bridgehead atoms. The summed E-state index contributed by atoms with van der Waals surface area (Å²) in [7, 11) is 0. The van der Waals surface area contributed by atoms with Gasteiger partial charge in [-0.25, -0.2) is 9.78 Å². The molecule has 2 atom stereocenters. The molecule has 7 heteroatoms. The van der Waals surface area contributed by atoms with E-state index in [0.29, 0.717) is 28.7 Å². The van der Waals surface area contributed by atoms with Gasteiger partial charge in [-0.2, -0.15) is 5.26 Å². The first kappa shape index (κ1) is 16.0. The highest BCUT2D eigenvalue weighted by Crippen LogP contribution is 2.34. The van der Waals surface area contributed by atoms with Gasteiger partial charge in [0.05, 0.1) is 16.7 Å². The normalized spacial score (nSPS) is 25.3. The topological polar surface area (TPSA) is 86.5 Å².